The summed E-state index contributed by atoms with van der Waals surface area (Å²) >= 11 is 6.23. The Morgan fingerprint density at radius 3 is 2.59 bits per heavy atom. The Labute approximate surface area is 204 Å². The zero-order valence-corrected chi connectivity index (χ0v) is 21.0. The molecule has 1 saturated heterocycles. The summed E-state index contributed by atoms with van der Waals surface area (Å²) in [6, 6.07) is 11.2. The number of hydrogen-bond acceptors (Lipinski definition) is 6. The van der Waals surface area contributed by atoms with Crippen LogP contribution in [0.4, 0.5) is 0 Å². The Morgan fingerprint density at radius 1 is 1.21 bits per heavy atom. The molecule has 10 heteroatoms. The summed E-state index contributed by atoms with van der Waals surface area (Å²) in [6.45, 7) is 5.56. The number of benzene rings is 2. The molecule has 0 radical (unpaired) electrons. The third-order valence-electron chi connectivity index (χ3n) is 6.00. The summed E-state index contributed by atoms with van der Waals surface area (Å²) < 4.78 is 23.1. The monoisotopic (exact) mass is 503 g/mol. The van der Waals surface area contributed by atoms with Crippen molar-refractivity contribution in [3.05, 3.63) is 69.2 Å². The van der Waals surface area contributed by atoms with Gasteiger partial charge in [-0.2, -0.15) is 0 Å². The van der Waals surface area contributed by atoms with Crippen LogP contribution in [0.25, 0.3) is 0 Å². The number of carbonyl (C=O) groups excluding carboxylic acids is 2. The average Bonchev–Trinajstić information content (AvgIpc) is 3.29. The SMILES string of the molecule is Cc1cc(Cl)cc(C2(C)CC(c3ccc(C(=O)N4CC(=O)N(CS(C)(=O)=O)C4)c(C)c3)=NO2)c1. The molecule has 2 heterocycles. The van der Waals surface area contributed by atoms with Crippen molar-refractivity contribution in [2.75, 3.05) is 25.3 Å². The number of rotatable bonds is 5. The Balaban J connectivity index is 1.50. The predicted molar refractivity (Wildman–Crippen MR) is 129 cm³/mol. The van der Waals surface area contributed by atoms with E-state index in [0.717, 1.165) is 34.2 Å². The molecule has 0 spiro atoms. The van der Waals surface area contributed by atoms with E-state index in [9.17, 15) is 18.0 Å². The van der Waals surface area contributed by atoms with Gasteiger partial charge in [-0.15, -0.1) is 0 Å². The second-order valence-corrected chi connectivity index (χ2v) is 11.8. The molecule has 1 atom stereocenters. The molecule has 2 aromatic rings. The van der Waals surface area contributed by atoms with Crippen LogP contribution < -0.4 is 0 Å². The Hall–Kier alpha value is -2.91. The van der Waals surface area contributed by atoms with Crippen molar-refractivity contribution in [2.45, 2.75) is 32.8 Å². The molecule has 0 bridgehead atoms. The van der Waals surface area contributed by atoms with Gasteiger partial charge < -0.3 is 14.6 Å². The smallest absolute Gasteiger partial charge is 0.256 e. The molecule has 2 aromatic carbocycles. The molecule has 1 unspecified atom stereocenters. The first-order valence-electron chi connectivity index (χ1n) is 10.7. The Bertz CT molecular complexity index is 1300. The molecule has 0 saturated carbocycles. The third kappa shape index (κ3) is 4.95. The zero-order valence-electron chi connectivity index (χ0n) is 19.5. The lowest BCUT2D eigenvalue weighted by atomic mass is 9.88. The van der Waals surface area contributed by atoms with Gasteiger partial charge in [0.05, 0.1) is 12.4 Å². The van der Waals surface area contributed by atoms with E-state index < -0.39 is 21.3 Å². The average molecular weight is 504 g/mol. The minimum atomic E-state index is -3.38. The Morgan fingerprint density at radius 2 is 1.94 bits per heavy atom. The second kappa shape index (κ2) is 8.70. The van der Waals surface area contributed by atoms with Crippen molar-refractivity contribution < 1.29 is 22.8 Å². The first kappa shape index (κ1) is 24.2. The number of oxime groups is 1. The number of amides is 2. The van der Waals surface area contributed by atoms with E-state index in [0.29, 0.717) is 17.0 Å². The number of hydrogen-bond donors (Lipinski definition) is 0. The van der Waals surface area contributed by atoms with Crippen LogP contribution in [0.2, 0.25) is 5.02 Å². The summed E-state index contributed by atoms with van der Waals surface area (Å²) in [6.07, 6.45) is 1.60. The quantitative estimate of drug-likeness (QED) is 0.624. The summed E-state index contributed by atoms with van der Waals surface area (Å²) in [5.41, 5.74) is 4.11. The van der Waals surface area contributed by atoms with E-state index in [1.165, 1.54) is 9.80 Å². The van der Waals surface area contributed by atoms with E-state index in [-0.39, 0.29) is 25.0 Å². The van der Waals surface area contributed by atoms with E-state index in [1.54, 1.807) is 6.07 Å². The molecule has 2 amide bonds. The van der Waals surface area contributed by atoms with Crippen molar-refractivity contribution in [3.8, 4) is 0 Å². The van der Waals surface area contributed by atoms with Gasteiger partial charge in [-0.3, -0.25) is 9.59 Å². The molecule has 2 aliphatic rings. The van der Waals surface area contributed by atoms with Gasteiger partial charge in [-0.1, -0.05) is 28.9 Å². The first-order valence-corrected chi connectivity index (χ1v) is 13.2. The highest BCUT2D eigenvalue weighted by Gasteiger charge is 2.38. The third-order valence-corrected chi connectivity index (χ3v) is 7.00. The topological polar surface area (TPSA) is 96.4 Å². The molecule has 8 nitrogen and oxygen atoms in total. The normalized spacial score (nSPS) is 20.5. The van der Waals surface area contributed by atoms with Crippen LogP contribution >= 0.6 is 11.6 Å². The maximum Gasteiger partial charge on any atom is 0.256 e. The van der Waals surface area contributed by atoms with Gasteiger partial charge >= 0.3 is 0 Å². The molecule has 1 fully saturated rings. The summed E-state index contributed by atoms with van der Waals surface area (Å²) in [7, 11) is -3.38. The minimum absolute atomic E-state index is 0.0517. The van der Waals surface area contributed by atoms with Crippen LogP contribution in [0, 0.1) is 13.8 Å². The van der Waals surface area contributed by atoms with Gasteiger partial charge in [0.15, 0.2) is 15.4 Å². The van der Waals surface area contributed by atoms with Crippen LogP contribution in [0.15, 0.2) is 41.6 Å². The molecular formula is C24H26ClN3O5S. The predicted octanol–water partition coefficient (Wildman–Crippen LogP) is 3.24. The molecule has 34 heavy (non-hydrogen) atoms. The van der Waals surface area contributed by atoms with Crippen molar-refractivity contribution in [1.29, 1.82) is 0 Å². The van der Waals surface area contributed by atoms with Gasteiger partial charge in [0.25, 0.3) is 5.91 Å². The van der Waals surface area contributed by atoms with Crippen molar-refractivity contribution in [2.24, 2.45) is 5.16 Å². The maximum atomic E-state index is 13.0. The largest absolute Gasteiger partial charge is 0.384 e. The second-order valence-electron chi connectivity index (χ2n) is 9.22. The summed E-state index contributed by atoms with van der Waals surface area (Å²) in [4.78, 5) is 33.5. The van der Waals surface area contributed by atoms with E-state index in [4.69, 9.17) is 16.4 Å². The zero-order chi connectivity index (χ0) is 24.8. The summed E-state index contributed by atoms with van der Waals surface area (Å²) in [5, 5.41) is 4.95. The van der Waals surface area contributed by atoms with E-state index >= 15 is 0 Å². The van der Waals surface area contributed by atoms with Crippen LogP contribution in [-0.4, -0.2) is 61.1 Å². The van der Waals surface area contributed by atoms with Crippen LogP contribution in [0.1, 0.15) is 46.0 Å². The lowest BCUT2D eigenvalue weighted by Gasteiger charge is -2.22. The lowest BCUT2D eigenvalue weighted by Crippen LogP contribution is -2.34. The van der Waals surface area contributed by atoms with Gasteiger partial charge in [0, 0.05) is 23.3 Å². The molecule has 2 aliphatic heterocycles. The molecule has 0 aliphatic carbocycles. The fourth-order valence-corrected chi connectivity index (χ4v) is 5.36. The highest BCUT2D eigenvalue weighted by atomic mass is 35.5. The van der Waals surface area contributed by atoms with Crippen molar-refractivity contribution in [3.63, 3.8) is 0 Å². The fraction of sp³-hybridized carbons (Fsp3) is 0.375. The van der Waals surface area contributed by atoms with Crippen LogP contribution in [-0.2, 0) is 25.1 Å². The van der Waals surface area contributed by atoms with Gasteiger partial charge in [0.1, 0.15) is 12.4 Å². The minimum Gasteiger partial charge on any atom is -0.384 e. The summed E-state index contributed by atoms with van der Waals surface area (Å²) in [5.74, 6) is -1.11. The van der Waals surface area contributed by atoms with E-state index in [2.05, 4.69) is 5.16 Å². The van der Waals surface area contributed by atoms with Crippen molar-refractivity contribution >= 4 is 39.0 Å². The highest BCUT2D eigenvalue weighted by Crippen LogP contribution is 2.37. The van der Waals surface area contributed by atoms with Gasteiger partial charge in [-0.25, -0.2) is 8.42 Å². The molecule has 0 N–H and O–H groups in total. The van der Waals surface area contributed by atoms with Crippen LogP contribution in [0.3, 0.4) is 0 Å². The molecule has 4 rings (SSSR count). The van der Waals surface area contributed by atoms with E-state index in [1.807, 2.05) is 51.1 Å². The Kier molecular flexibility index (Phi) is 6.20. The lowest BCUT2D eigenvalue weighted by molar-refractivity contribution is -0.125. The van der Waals surface area contributed by atoms with Gasteiger partial charge in [-0.05, 0) is 67.3 Å². The fourth-order valence-electron chi connectivity index (χ4n) is 4.27. The molecular weight excluding hydrogens is 478 g/mol. The standard InChI is InChI=1S/C24H26ClN3O5S/c1-15-7-18(10-19(25)8-15)24(3)11-21(26-33-24)17-5-6-20(16(2)9-17)23(30)27-12-22(29)28(13-27)14-34(4,31)32/h5-10H,11-14H2,1-4H3. The molecule has 180 valence electrons. The highest BCUT2D eigenvalue weighted by molar-refractivity contribution is 7.90. The number of carbonyl (C=O) groups is 2. The number of sulfone groups is 1. The first-order chi connectivity index (χ1) is 15.8. The number of halogens is 1. The van der Waals surface area contributed by atoms with Crippen molar-refractivity contribution in [1.82, 2.24) is 9.80 Å². The number of aryl methyl sites for hydroxylation is 2. The maximum absolute atomic E-state index is 13.0. The number of nitrogens with zero attached hydrogens (tertiary/aromatic N) is 3. The van der Waals surface area contributed by atoms with Crippen LogP contribution in [0.5, 0.6) is 0 Å². The van der Waals surface area contributed by atoms with Gasteiger partial charge in [0.2, 0.25) is 5.91 Å². The molecule has 0 aromatic heterocycles.